The van der Waals surface area contributed by atoms with Gasteiger partial charge in [0.2, 0.25) is 15.9 Å². The second kappa shape index (κ2) is 9.48. The van der Waals surface area contributed by atoms with Gasteiger partial charge in [0.25, 0.3) is 0 Å². The van der Waals surface area contributed by atoms with Gasteiger partial charge in [-0.25, -0.2) is 17.5 Å². The Bertz CT molecular complexity index is 925. The van der Waals surface area contributed by atoms with E-state index in [1.54, 1.807) is 0 Å². The van der Waals surface area contributed by atoms with Gasteiger partial charge in [0.15, 0.2) is 0 Å². The smallest absolute Gasteiger partial charge is 0.240 e. The Labute approximate surface area is 166 Å². The molecule has 0 saturated heterocycles. The second-order valence-corrected chi connectivity index (χ2v) is 8.16. The summed E-state index contributed by atoms with van der Waals surface area (Å²) in [5.41, 5.74) is 0.0397. The van der Waals surface area contributed by atoms with E-state index in [0.29, 0.717) is 0 Å². The average Bonchev–Trinajstić information content (AvgIpc) is 2.62. The van der Waals surface area contributed by atoms with Crippen LogP contribution in [0.15, 0.2) is 47.4 Å². The van der Waals surface area contributed by atoms with Crippen LogP contribution in [0.3, 0.4) is 0 Å². The minimum atomic E-state index is -3.82. The number of carbonyl (C=O) groups excluding carboxylic acids is 1. The van der Waals surface area contributed by atoms with Crippen molar-refractivity contribution in [1.29, 1.82) is 0 Å². The molecule has 0 aliphatic carbocycles. The summed E-state index contributed by atoms with van der Waals surface area (Å²) in [6.07, 6.45) is -0.210. The number of benzene rings is 2. The van der Waals surface area contributed by atoms with Crippen LogP contribution in [0.5, 0.6) is 0 Å². The standard InChI is InChI=1S/C17H17Cl2FN2O4S/c18-11-3-1-4-12(9-11)27(25,26)21-8-7-16(24)22-15(10-23)13-5-2-6-14(19)17(13)20/h1-6,9,15,21,23H,7-8,10H2,(H,22,24)/t15-/m0/s1. The first-order chi connectivity index (χ1) is 12.7. The van der Waals surface area contributed by atoms with Crippen molar-refractivity contribution in [1.82, 2.24) is 10.0 Å². The van der Waals surface area contributed by atoms with Crippen molar-refractivity contribution in [2.75, 3.05) is 13.2 Å². The SMILES string of the molecule is O=C(CCNS(=O)(=O)c1cccc(Cl)c1)N[C@@H](CO)c1cccc(Cl)c1F. The molecule has 10 heteroatoms. The van der Waals surface area contributed by atoms with Crippen LogP contribution in [0, 0.1) is 5.82 Å². The number of sulfonamides is 1. The number of halogens is 3. The Hall–Kier alpha value is -1.71. The third kappa shape index (κ3) is 5.88. The Balaban J connectivity index is 1.94. The van der Waals surface area contributed by atoms with Gasteiger partial charge in [-0.15, -0.1) is 0 Å². The van der Waals surface area contributed by atoms with Crippen LogP contribution < -0.4 is 10.0 Å². The molecule has 2 aromatic rings. The Kier molecular flexibility index (Phi) is 7.58. The van der Waals surface area contributed by atoms with Crippen LogP contribution in [0.4, 0.5) is 4.39 Å². The fourth-order valence-electron chi connectivity index (χ4n) is 2.29. The van der Waals surface area contributed by atoms with Gasteiger partial charge in [-0.05, 0) is 24.3 Å². The Morgan fingerprint density at radius 3 is 2.56 bits per heavy atom. The number of carbonyl (C=O) groups is 1. The number of hydrogen-bond acceptors (Lipinski definition) is 4. The first kappa shape index (κ1) is 21.6. The normalized spacial score (nSPS) is 12.6. The van der Waals surface area contributed by atoms with E-state index in [-0.39, 0.29) is 33.5 Å². The van der Waals surface area contributed by atoms with Crippen molar-refractivity contribution in [2.45, 2.75) is 17.4 Å². The molecule has 146 valence electrons. The predicted molar refractivity (Wildman–Crippen MR) is 101 cm³/mol. The lowest BCUT2D eigenvalue weighted by atomic mass is 10.1. The fourth-order valence-corrected chi connectivity index (χ4v) is 3.81. The molecule has 2 aromatic carbocycles. The van der Waals surface area contributed by atoms with Crippen molar-refractivity contribution in [2.24, 2.45) is 0 Å². The first-order valence-electron chi connectivity index (χ1n) is 7.84. The molecule has 0 fully saturated rings. The largest absolute Gasteiger partial charge is 0.394 e. The fraction of sp³-hybridized carbons (Fsp3) is 0.235. The molecule has 3 N–H and O–H groups in total. The van der Waals surface area contributed by atoms with Gasteiger partial charge in [-0.1, -0.05) is 41.4 Å². The van der Waals surface area contributed by atoms with Gasteiger partial charge in [0, 0.05) is 23.6 Å². The molecule has 0 spiro atoms. The van der Waals surface area contributed by atoms with Gasteiger partial charge < -0.3 is 10.4 Å². The maximum Gasteiger partial charge on any atom is 0.240 e. The summed E-state index contributed by atoms with van der Waals surface area (Å²) in [6, 6.07) is 8.93. The zero-order chi connectivity index (χ0) is 20.0. The van der Waals surface area contributed by atoms with Crippen molar-refractivity contribution in [3.8, 4) is 0 Å². The maximum atomic E-state index is 14.0. The third-order valence-electron chi connectivity index (χ3n) is 3.63. The Morgan fingerprint density at radius 1 is 1.19 bits per heavy atom. The lowest BCUT2D eigenvalue weighted by Gasteiger charge is -2.18. The van der Waals surface area contributed by atoms with Crippen molar-refractivity contribution >= 4 is 39.1 Å². The lowest BCUT2D eigenvalue weighted by molar-refractivity contribution is -0.122. The summed E-state index contributed by atoms with van der Waals surface area (Å²) in [5, 5.41) is 12.0. The highest BCUT2D eigenvalue weighted by molar-refractivity contribution is 7.89. The van der Waals surface area contributed by atoms with Gasteiger partial charge in [0.05, 0.1) is 22.6 Å². The monoisotopic (exact) mass is 434 g/mol. The lowest BCUT2D eigenvalue weighted by Crippen LogP contribution is -2.34. The van der Waals surface area contributed by atoms with Crippen molar-refractivity contribution < 1.29 is 22.7 Å². The van der Waals surface area contributed by atoms with E-state index < -0.39 is 34.4 Å². The molecule has 0 bridgehead atoms. The molecule has 0 aliphatic heterocycles. The van der Waals surface area contributed by atoms with Gasteiger partial charge in [0.1, 0.15) is 5.82 Å². The van der Waals surface area contributed by atoms with E-state index in [1.165, 1.54) is 42.5 Å². The Morgan fingerprint density at radius 2 is 1.89 bits per heavy atom. The van der Waals surface area contributed by atoms with Crippen LogP contribution in [-0.4, -0.2) is 32.6 Å². The van der Waals surface area contributed by atoms with E-state index in [0.717, 1.165) is 0 Å². The number of aliphatic hydroxyl groups excluding tert-OH is 1. The summed E-state index contributed by atoms with van der Waals surface area (Å²) in [4.78, 5) is 12.0. The van der Waals surface area contributed by atoms with E-state index in [1.807, 2.05) is 0 Å². The van der Waals surface area contributed by atoms with E-state index in [2.05, 4.69) is 10.0 Å². The number of rotatable bonds is 8. The molecule has 27 heavy (non-hydrogen) atoms. The molecule has 1 amide bonds. The molecule has 0 saturated carbocycles. The van der Waals surface area contributed by atoms with Gasteiger partial charge in [-0.2, -0.15) is 0 Å². The number of hydrogen-bond donors (Lipinski definition) is 3. The topological polar surface area (TPSA) is 95.5 Å². The highest BCUT2D eigenvalue weighted by Crippen LogP contribution is 2.23. The van der Waals surface area contributed by atoms with Crippen LogP contribution in [0.1, 0.15) is 18.0 Å². The molecule has 0 unspecified atom stereocenters. The molecular formula is C17H17Cl2FN2O4S. The van der Waals surface area contributed by atoms with Crippen LogP contribution in [0.25, 0.3) is 0 Å². The second-order valence-electron chi connectivity index (χ2n) is 5.55. The molecular weight excluding hydrogens is 418 g/mol. The van der Waals surface area contributed by atoms with E-state index in [9.17, 15) is 22.7 Å². The number of amides is 1. The zero-order valence-corrected chi connectivity index (χ0v) is 16.3. The van der Waals surface area contributed by atoms with Gasteiger partial charge in [-0.3, -0.25) is 4.79 Å². The van der Waals surface area contributed by atoms with Gasteiger partial charge >= 0.3 is 0 Å². The number of aliphatic hydroxyl groups is 1. The maximum absolute atomic E-state index is 14.0. The third-order valence-corrected chi connectivity index (χ3v) is 5.61. The van der Waals surface area contributed by atoms with E-state index >= 15 is 0 Å². The summed E-state index contributed by atoms with van der Waals surface area (Å²) in [7, 11) is -3.82. The van der Waals surface area contributed by atoms with Crippen LogP contribution >= 0.6 is 23.2 Å². The highest BCUT2D eigenvalue weighted by atomic mass is 35.5. The predicted octanol–water partition coefficient (Wildman–Crippen LogP) is 2.65. The minimum Gasteiger partial charge on any atom is -0.394 e. The zero-order valence-electron chi connectivity index (χ0n) is 14.0. The molecule has 0 radical (unpaired) electrons. The van der Waals surface area contributed by atoms with Crippen molar-refractivity contribution in [3.05, 3.63) is 63.9 Å². The molecule has 0 aliphatic rings. The quantitative estimate of drug-likeness (QED) is 0.594. The highest BCUT2D eigenvalue weighted by Gasteiger charge is 2.20. The van der Waals surface area contributed by atoms with Crippen molar-refractivity contribution in [3.63, 3.8) is 0 Å². The van der Waals surface area contributed by atoms with Crippen LogP contribution in [-0.2, 0) is 14.8 Å². The summed E-state index contributed by atoms with van der Waals surface area (Å²) in [5.74, 6) is -1.30. The molecule has 0 aromatic heterocycles. The molecule has 6 nitrogen and oxygen atoms in total. The minimum absolute atomic E-state index is 0.0235. The summed E-state index contributed by atoms with van der Waals surface area (Å²) < 4.78 is 40.6. The van der Waals surface area contributed by atoms with E-state index in [4.69, 9.17) is 23.2 Å². The first-order valence-corrected chi connectivity index (χ1v) is 10.1. The number of nitrogens with one attached hydrogen (secondary N) is 2. The molecule has 1 atom stereocenters. The average molecular weight is 435 g/mol. The molecule has 0 heterocycles. The molecule has 2 rings (SSSR count). The summed E-state index contributed by atoms with van der Waals surface area (Å²) >= 11 is 11.5. The summed E-state index contributed by atoms with van der Waals surface area (Å²) in [6.45, 7) is -0.728. The van der Waals surface area contributed by atoms with Crippen LogP contribution in [0.2, 0.25) is 10.0 Å².